The van der Waals surface area contributed by atoms with Crippen LogP contribution < -0.4 is 0 Å². The van der Waals surface area contributed by atoms with Gasteiger partial charge in [-0.05, 0) is 57.1 Å². The lowest BCUT2D eigenvalue weighted by Gasteiger charge is -2.36. The highest BCUT2D eigenvalue weighted by Crippen LogP contribution is 2.22. The molecule has 0 aliphatic carbocycles. The molecule has 1 aromatic rings. The van der Waals surface area contributed by atoms with E-state index in [2.05, 4.69) is 32.0 Å². The molecule has 1 fully saturated rings. The Kier molecular flexibility index (Phi) is 6.20. The Hall–Kier alpha value is -1.84. The minimum absolute atomic E-state index is 0.103. The normalized spacial score (nSPS) is 18.0. The smallest absolute Gasteiger partial charge is 0.303 e. The molecule has 0 aromatic heterocycles. The van der Waals surface area contributed by atoms with E-state index < -0.39 is 5.97 Å². The number of carbonyl (C=O) groups excluding carboxylic acids is 1. The van der Waals surface area contributed by atoms with E-state index in [-0.39, 0.29) is 18.4 Å². The van der Waals surface area contributed by atoms with Crippen molar-refractivity contribution >= 4 is 11.9 Å². The summed E-state index contributed by atoms with van der Waals surface area (Å²) in [6, 6.07) is 6.45. The summed E-state index contributed by atoms with van der Waals surface area (Å²) < 4.78 is 0. The number of aliphatic carboxylic acids is 1. The van der Waals surface area contributed by atoms with Crippen molar-refractivity contribution < 1.29 is 14.7 Å². The van der Waals surface area contributed by atoms with Crippen LogP contribution >= 0.6 is 0 Å². The molecule has 0 spiro atoms. The molecule has 4 nitrogen and oxygen atoms in total. The van der Waals surface area contributed by atoms with Gasteiger partial charge in [0.25, 0.3) is 0 Å². The number of likely N-dealkylation sites (tertiary alicyclic amines) is 1. The van der Waals surface area contributed by atoms with E-state index in [4.69, 9.17) is 5.11 Å². The van der Waals surface area contributed by atoms with E-state index in [1.165, 1.54) is 16.7 Å². The van der Waals surface area contributed by atoms with Gasteiger partial charge >= 0.3 is 5.97 Å². The molecule has 0 bridgehead atoms. The van der Waals surface area contributed by atoms with Gasteiger partial charge in [-0.1, -0.05) is 23.8 Å². The maximum atomic E-state index is 12.6. The SMILES string of the molecule is Cc1ccc(CCC(=O)N2CCCCC2CCC(=O)O)c(C)c1. The lowest BCUT2D eigenvalue weighted by molar-refractivity contribution is -0.140. The van der Waals surface area contributed by atoms with E-state index in [1.807, 2.05) is 4.90 Å². The number of nitrogens with zero attached hydrogens (tertiary/aromatic N) is 1. The van der Waals surface area contributed by atoms with Crippen molar-refractivity contribution in [3.63, 3.8) is 0 Å². The number of carboxylic acids is 1. The third-order valence-corrected chi connectivity index (χ3v) is 4.75. The third-order valence-electron chi connectivity index (χ3n) is 4.75. The molecular weight excluding hydrogens is 290 g/mol. The van der Waals surface area contributed by atoms with Crippen molar-refractivity contribution in [2.24, 2.45) is 0 Å². The molecule has 1 unspecified atom stereocenters. The van der Waals surface area contributed by atoms with Crippen LogP contribution in [-0.4, -0.2) is 34.5 Å². The number of carboxylic acid groups (broad SMARTS) is 1. The third kappa shape index (κ3) is 5.08. The van der Waals surface area contributed by atoms with E-state index >= 15 is 0 Å². The summed E-state index contributed by atoms with van der Waals surface area (Å²) in [5.41, 5.74) is 3.70. The molecular formula is C19H27NO3. The van der Waals surface area contributed by atoms with Crippen LogP contribution in [0.25, 0.3) is 0 Å². The van der Waals surface area contributed by atoms with Crippen LogP contribution in [0.15, 0.2) is 18.2 Å². The van der Waals surface area contributed by atoms with Crippen molar-refractivity contribution in [2.45, 2.75) is 64.8 Å². The van der Waals surface area contributed by atoms with Crippen molar-refractivity contribution in [3.05, 3.63) is 34.9 Å². The highest BCUT2D eigenvalue weighted by atomic mass is 16.4. The topological polar surface area (TPSA) is 57.6 Å². The molecule has 0 saturated carbocycles. The first kappa shape index (κ1) is 17.5. The maximum Gasteiger partial charge on any atom is 0.303 e. The number of rotatable bonds is 6. The van der Waals surface area contributed by atoms with Crippen molar-refractivity contribution in [1.29, 1.82) is 0 Å². The molecule has 2 rings (SSSR count). The zero-order valence-corrected chi connectivity index (χ0v) is 14.2. The van der Waals surface area contributed by atoms with Gasteiger partial charge in [0, 0.05) is 25.4 Å². The highest BCUT2D eigenvalue weighted by molar-refractivity contribution is 5.77. The Morgan fingerprint density at radius 3 is 2.70 bits per heavy atom. The Balaban J connectivity index is 1.93. The van der Waals surface area contributed by atoms with Crippen LogP contribution in [0, 0.1) is 13.8 Å². The average molecular weight is 317 g/mol. The number of carbonyl (C=O) groups is 2. The number of benzene rings is 1. The monoisotopic (exact) mass is 317 g/mol. The summed E-state index contributed by atoms with van der Waals surface area (Å²) in [7, 11) is 0. The standard InChI is InChI=1S/C19H27NO3/c1-14-6-7-16(15(2)13-14)8-10-18(21)20-12-4-3-5-17(20)9-11-19(22)23/h6-7,13,17H,3-5,8-12H2,1-2H3,(H,22,23). The first-order chi connectivity index (χ1) is 11.0. The van der Waals surface area contributed by atoms with Crippen molar-refractivity contribution in [2.75, 3.05) is 6.54 Å². The van der Waals surface area contributed by atoms with Crippen LogP contribution in [0.2, 0.25) is 0 Å². The number of amides is 1. The second-order valence-electron chi connectivity index (χ2n) is 6.60. The van der Waals surface area contributed by atoms with Crippen LogP contribution in [0.5, 0.6) is 0 Å². The predicted molar refractivity (Wildman–Crippen MR) is 90.5 cm³/mol. The van der Waals surface area contributed by atoms with Gasteiger partial charge in [-0.3, -0.25) is 9.59 Å². The number of hydrogen-bond acceptors (Lipinski definition) is 2. The molecule has 1 aliphatic rings. The molecule has 126 valence electrons. The molecule has 1 aliphatic heterocycles. The molecule has 23 heavy (non-hydrogen) atoms. The lowest BCUT2D eigenvalue weighted by Crippen LogP contribution is -2.44. The number of piperidine rings is 1. The molecule has 1 N–H and O–H groups in total. The van der Waals surface area contributed by atoms with Gasteiger partial charge in [-0.2, -0.15) is 0 Å². The second-order valence-corrected chi connectivity index (χ2v) is 6.60. The predicted octanol–water partition coefficient (Wildman–Crippen LogP) is 3.48. The molecule has 1 aromatic carbocycles. The summed E-state index contributed by atoms with van der Waals surface area (Å²) in [6.45, 7) is 4.93. The summed E-state index contributed by atoms with van der Waals surface area (Å²) in [4.78, 5) is 25.3. The zero-order valence-electron chi connectivity index (χ0n) is 14.2. The average Bonchev–Trinajstić information content (AvgIpc) is 2.52. The lowest BCUT2D eigenvalue weighted by atomic mass is 9.96. The molecule has 1 amide bonds. The summed E-state index contributed by atoms with van der Waals surface area (Å²) in [5, 5.41) is 8.87. The highest BCUT2D eigenvalue weighted by Gasteiger charge is 2.26. The van der Waals surface area contributed by atoms with E-state index in [9.17, 15) is 9.59 Å². The van der Waals surface area contributed by atoms with Gasteiger partial charge < -0.3 is 10.0 Å². The Labute approximate surface area is 138 Å². The van der Waals surface area contributed by atoms with E-state index in [0.717, 1.165) is 32.2 Å². The van der Waals surface area contributed by atoms with Crippen LogP contribution in [0.1, 0.15) is 55.2 Å². The van der Waals surface area contributed by atoms with Crippen LogP contribution in [0.4, 0.5) is 0 Å². The zero-order chi connectivity index (χ0) is 16.8. The van der Waals surface area contributed by atoms with E-state index in [1.54, 1.807) is 0 Å². The molecule has 1 atom stereocenters. The second kappa shape index (κ2) is 8.14. The van der Waals surface area contributed by atoms with Crippen LogP contribution in [0.3, 0.4) is 0 Å². The fourth-order valence-electron chi connectivity index (χ4n) is 3.43. The summed E-state index contributed by atoms with van der Waals surface area (Å²) >= 11 is 0. The number of aryl methyl sites for hydroxylation is 3. The summed E-state index contributed by atoms with van der Waals surface area (Å²) in [5.74, 6) is -0.613. The van der Waals surface area contributed by atoms with Gasteiger partial charge in [0.1, 0.15) is 0 Å². The minimum Gasteiger partial charge on any atom is -0.481 e. The largest absolute Gasteiger partial charge is 0.481 e. The molecule has 1 saturated heterocycles. The van der Waals surface area contributed by atoms with E-state index in [0.29, 0.717) is 12.8 Å². The first-order valence-corrected chi connectivity index (χ1v) is 8.55. The minimum atomic E-state index is -0.779. The number of hydrogen-bond donors (Lipinski definition) is 1. The van der Waals surface area contributed by atoms with Crippen LogP contribution in [-0.2, 0) is 16.0 Å². The van der Waals surface area contributed by atoms with Crippen molar-refractivity contribution in [1.82, 2.24) is 4.90 Å². The van der Waals surface area contributed by atoms with Gasteiger partial charge in [0.15, 0.2) is 0 Å². The van der Waals surface area contributed by atoms with Gasteiger partial charge in [0.05, 0.1) is 0 Å². The van der Waals surface area contributed by atoms with Gasteiger partial charge in [-0.25, -0.2) is 0 Å². The van der Waals surface area contributed by atoms with Gasteiger partial charge in [0.2, 0.25) is 5.91 Å². The Morgan fingerprint density at radius 2 is 2.00 bits per heavy atom. The Bertz CT molecular complexity index is 568. The first-order valence-electron chi connectivity index (χ1n) is 8.55. The van der Waals surface area contributed by atoms with Crippen molar-refractivity contribution in [3.8, 4) is 0 Å². The maximum absolute atomic E-state index is 12.6. The fourth-order valence-corrected chi connectivity index (χ4v) is 3.43. The fraction of sp³-hybridized carbons (Fsp3) is 0.579. The quantitative estimate of drug-likeness (QED) is 0.874. The molecule has 4 heteroatoms. The molecule has 1 heterocycles. The Morgan fingerprint density at radius 1 is 1.22 bits per heavy atom. The summed E-state index contributed by atoms with van der Waals surface area (Å²) in [6.07, 6.45) is 5.03. The molecule has 0 radical (unpaired) electrons. The van der Waals surface area contributed by atoms with Gasteiger partial charge in [-0.15, -0.1) is 0 Å².